The summed E-state index contributed by atoms with van der Waals surface area (Å²) in [6.45, 7) is 6.10. The van der Waals surface area contributed by atoms with Crippen LogP contribution in [-0.2, 0) is 25.6 Å². The highest BCUT2D eigenvalue weighted by atomic mass is 16.2. The first kappa shape index (κ1) is 24.7. The average Bonchev–Trinajstić information content (AvgIpc) is 3.07. The van der Waals surface area contributed by atoms with Gasteiger partial charge in [-0.3, -0.25) is 24.1 Å². The van der Waals surface area contributed by atoms with Gasteiger partial charge in [-0.25, -0.2) is 0 Å². The average molecular weight is 454 g/mol. The van der Waals surface area contributed by atoms with Crippen LogP contribution in [0.1, 0.15) is 52.0 Å². The number of nitrogens with one attached hydrogen (secondary N) is 1. The van der Waals surface area contributed by atoms with Gasteiger partial charge in [0.1, 0.15) is 6.04 Å². The Morgan fingerprint density at radius 1 is 1.06 bits per heavy atom. The molecule has 4 amide bonds. The van der Waals surface area contributed by atoms with Crippen LogP contribution in [0.4, 0.5) is 0 Å². The fraction of sp³-hybridized carbons (Fsp3) is 0.538. The zero-order valence-corrected chi connectivity index (χ0v) is 19.8. The number of fused-ring (bicyclic) bond motifs is 1. The summed E-state index contributed by atoms with van der Waals surface area (Å²) in [5.41, 5.74) is 1.08. The zero-order chi connectivity index (χ0) is 24.0. The topological polar surface area (TPSA) is 86.8 Å². The van der Waals surface area contributed by atoms with E-state index in [9.17, 15) is 19.2 Å². The Morgan fingerprint density at radius 3 is 2.24 bits per heavy atom. The smallest absolute Gasteiger partial charge is 0.242 e. The van der Waals surface area contributed by atoms with Crippen LogP contribution in [0.5, 0.6) is 0 Å². The second-order valence-electron chi connectivity index (χ2n) is 9.05. The van der Waals surface area contributed by atoms with Gasteiger partial charge in [0, 0.05) is 25.6 Å². The molecule has 3 rings (SSSR count). The highest BCUT2D eigenvalue weighted by molar-refractivity contribution is 6.05. The fourth-order valence-corrected chi connectivity index (χ4v) is 4.48. The highest BCUT2D eigenvalue weighted by Gasteiger charge is 2.47. The number of hydrogen-bond acceptors (Lipinski definition) is 4. The van der Waals surface area contributed by atoms with Crippen LogP contribution in [0.15, 0.2) is 42.5 Å². The van der Waals surface area contributed by atoms with E-state index in [1.165, 1.54) is 4.90 Å². The van der Waals surface area contributed by atoms with Gasteiger partial charge in [0.05, 0.1) is 11.8 Å². The molecule has 2 aliphatic rings. The third-order valence-corrected chi connectivity index (χ3v) is 6.80. The molecule has 0 spiro atoms. The summed E-state index contributed by atoms with van der Waals surface area (Å²) in [4.78, 5) is 54.3. The maximum Gasteiger partial charge on any atom is 0.242 e. The molecule has 0 unspecified atom stereocenters. The number of amides is 4. The molecule has 0 aromatic heterocycles. The third-order valence-electron chi connectivity index (χ3n) is 6.80. The lowest BCUT2D eigenvalue weighted by Gasteiger charge is -2.30. The van der Waals surface area contributed by atoms with Crippen molar-refractivity contribution in [3.05, 3.63) is 48.0 Å². The van der Waals surface area contributed by atoms with Gasteiger partial charge >= 0.3 is 0 Å². The van der Waals surface area contributed by atoms with E-state index in [4.69, 9.17) is 0 Å². The standard InChI is InChI=1S/C26H35N3O4/c1-4-18(2)27-24(31)19(3)28(16-14-20-10-6-5-7-11-20)23(30)15-17-29-25(32)21-12-8-9-13-22(21)26(29)33/h5-11,18-19,21-22H,4,12-17H2,1-3H3,(H,27,31)/t18-,19+,21-,22+/m1/s1. The largest absolute Gasteiger partial charge is 0.352 e. The van der Waals surface area contributed by atoms with Crippen molar-refractivity contribution < 1.29 is 19.2 Å². The minimum atomic E-state index is -0.646. The molecule has 1 aliphatic heterocycles. The van der Waals surface area contributed by atoms with E-state index >= 15 is 0 Å². The van der Waals surface area contributed by atoms with Crippen LogP contribution < -0.4 is 5.32 Å². The van der Waals surface area contributed by atoms with E-state index in [2.05, 4.69) is 5.32 Å². The predicted molar refractivity (Wildman–Crippen MR) is 126 cm³/mol. The van der Waals surface area contributed by atoms with Crippen molar-refractivity contribution >= 4 is 23.6 Å². The number of carbonyl (C=O) groups excluding carboxylic acids is 4. The van der Waals surface area contributed by atoms with Crippen molar-refractivity contribution in [2.24, 2.45) is 11.8 Å². The van der Waals surface area contributed by atoms with Crippen molar-refractivity contribution in [3.63, 3.8) is 0 Å². The normalized spacial score (nSPS) is 21.5. The summed E-state index contributed by atoms with van der Waals surface area (Å²) in [5, 5.41) is 2.95. The van der Waals surface area contributed by atoms with Crippen LogP contribution >= 0.6 is 0 Å². The van der Waals surface area contributed by atoms with Crippen LogP contribution in [0.3, 0.4) is 0 Å². The van der Waals surface area contributed by atoms with Crippen molar-refractivity contribution in [2.45, 2.75) is 65.0 Å². The lowest BCUT2D eigenvalue weighted by Crippen LogP contribution is -2.51. The van der Waals surface area contributed by atoms with E-state index in [-0.39, 0.29) is 54.5 Å². The summed E-state index contributed by atoms with van der Waals surface area (Å²) in [6, 6.07) is 9.17. The molecule has 1 fully saturated rings. The number of rotatable bonds is 10. The molecule has 4 atom stereocenters. The van der Waals surface area contributed by atoms with Crippen molar-refractivity contribution in [2.75, 3.05) is 13.1 Å². The van der Waals surface area contributed by atoms with Crippen molar-refractivity contribution in [1.82, 2.24) is 15.1 Å². The number of likely N-dealkylation sites (tertiary alicyclic amines) is 1. The molecule has 1 aromatic rings. The second-order valence-corrected chi connectivity index (χ2v) is 9.05. The molecule has 0 radical (unpaired) electrons. The molecule has 7 nitrogen and oxygen atoms in total. The van der Waals surface area contributed by atoms with E-state index in [1.807, 2.05) is 56.3 Å². The van der Waals surface area contributed by atoms with E-state index in [0.717, 1.165) is 12.0 Å². The summed E-state index contributed by atoms with van der Waals surface area (Å²) in [7, 11) is 0. The van der Waals surface area contributed by atoms with E-state index in [0.29, 0.717) is 25.8 Å². The molecule has 0 saturated carbocycles. The second kappa shape index (κ2) is 11.3. The van der Waals surface area contributed by atoms with Crippen LogP contribution in [-0.4, -0.2) is 58.6 Å². The Morgan fingerprint density at radius 2 is 1.67 bits per heavy atom. The zero-order valence-electron chi connectivity index (χ0n) is 19.8. The van der Waals surface area contributed by atoms with Crippen molar-refractivity contribution in [1.29, 1.82) is 0 Å². The van der Waals surface area contributed by atoms with Gasteiger partial charge in [-0.15, -0.1) is 0 Å². The lowest BCUT2D eigenvalue weighted by atomic mass is 9.85. The molecule has 1 aromatic carbocycles. The van der Waals surface area contributed by atoms with Gasteiger partial charge in [-0.05, 0) is 45.1 Å². The van der Waals surface area contributed by atoms with Gasteiger partial charge in [-0.1, -0.05) is 49.4 Å². The molecule has 178 valence electrons. The number of carbonyl (C=O) groups is 4. The molecule has 0 bridgehead atoms. The molecular weight excluding hydrogens is 418 g/mol. The van der Waals surface area contributed by atoms with Crippen LogP contribution in [0.2, 0.25) is 0 Å². The maximum absolute atomic E-state index is 13.2. The number of allylic oxidation sites excluding steroid dienone is 2. The predicted octanol–water partition coefficient (Wildman–Crippen LogP) is 2.70. The maximum atomic E-state index is 13.2. The third kappa shape index (κ3) is 5.89. The minimum Gasteiger partial charge on any atom is -0.352 e. The number of benzene rings is 1. The van der Waals surface area contributed by atoms with Crippen molar-refractivity contribution in [3.8, 4) is 0 Å². The number of nitrogens with zero attached hydrogens (tertiary/aromatic N) is 2. The Hall–Kier alpha value is -2.96. The first-order valence-electron chi connectivity index (χ1n) is 12.0. The highest BCUT2D eigenvalue weighted by Crippen LogP contribution is 2.35. The summed E-state index contributed by atoms with van der Waals surface area (Å²) in [5.74, 6) is -1.39. The fourth-order valence-electron chi connectivity index (χ4n) is 4.48. The van der Waals surface area contributed by atoms with Gasteiger partial charge in [0.15, 0.2) is 0 Å². The monoisotopic (exact) mass is 453 g/mol. The van der Waals surface area contributed by atoms with Gasteiger partial charge in [-0.2, -0.15) is 0 Å². The first-order chi connectivity index (χ1) is 15.8. The summed E-state index contributed by atoms with van der Waals surface area (Å²) in [6.07, 6.45) is 6.48. The Labute approximate surface area is 196 Å². The number of hydrogen-bond donors (Lipinski definition) is 1. The Kier molecular flexibility index (Phi) is 8.42. The van der Waals surface area contributed by atoms with Gasteiger partial charge < -0.3 is 10.2 Å². The number of imide groups is 1. The molecule has 33 heavy (non-hydrogen) atoms. The summed E-state index contributed by atoms with van der Waals surface area (Å²) < 4.78 is 0. The Bertz CT molecular complexity index is 872. The van der Waals surface area contributed by atoms with E-state index in [1.54, 1.807) is 11.8 Å². The van der Waals surface area contributed by atoms with Crippen LogP contribution in [0.25, 0.3) is 0 Å². The molecule has 1 aliphatic carbocycles. The van der Waals surface area contributed by atoms with E-state index < -0.39 is 6.04 Å². The first-order valence-corrected chi connectivity index (χ1v) is 12.0. The Balaban J connectivity index is 1.66. The molecule has 1 heterocycles. The quantitative estimate of drug-likeness (QED) is 0.436. The minimum absolute atomic E-state index is 0.0140. The van der Waals surface area contributed by atoms with Gasteiger partial charge in [0.2, 0.25) is 23.6 Å². The molecular formula is C26H35N3O4. The lowest BCUT2D eigenvalue weighted by molar-refractivity contribution is -0.143. The SMILES string of the molecule is CC[C@@H](C)NC(=O)[C@H](C)N(CCc1ccccc1)C(=O)CCN1C(=O)[C@H]2CC=CC[C@H]2C1=O. The van der Waals surface area contributed by atoms with Gasteiger partial charge in [0.25, 0.3) is 0 Å². The molecule has 7 heteroatoms. The summed E-state index contributed by atoms with van der Waals surface area (Å²) >= 11 is 0. The molecule has 1 saturated heterocycles. The van der Waals surface area contributed by atoms with Crippen LogP contribution in [0, 0.1) is 11.8 Å². The molecule has 1 N–H and O–H groups in total.